The molecule has 0 aliphatic carbocycles. The van der Waals surface area contributed by atoms with Gasteiger partial charge in [-0.25, -0.2) is 4.79 Å². The Morgan fingerprint density at radius 3 is 2.80 bits per heavy atom. The van der Waals surface area contributed by atoms with Crippen LogP contribution in [0.1, 0.15) is 12.0 Å². The smallest absolute Gasteiger partial charge is 0.328 e. The molecule has 0 fully saturated rings. The molecule has 2 rings (SSSR count). The van der Waals surface area contributed by atoms with Gasteiger partial charge in [-0.3, -0.25) is 4.99 Å². The molecule has 0 saturated heterocycles. The van der Waals surface area contributed by atoms with E-state index in [0.29, 0.717) is 6.42 Å². The normalized spacial score (nSPS) is 20.8. The number of nitrogens with zero attached hydrogens (tertiary/aromatic N) is 1. The van der Waals surface area contributed by atoms with Crippen LogP contribution in [0.3, 0.4) is 0 Å². The summed E-state index contributed by atoms with van der Waals surface area (Å²) in [5.41, 5.74) is 1.01. The molecule has 1 aromatic rings. The molecule has 0 amide bonds. The van der Waals surface area contributed by atoms with E-state index in [4.69, 9.17) is 5.11 Å². The molecular weight excluding hydrogens is 210 g/mol. The van der Waals surface area contributed by atoms with E-state index in [1.807, 2.05) is 30.3 Å². The number of aliphatic imine (C=N–C) groups is 1. The van der Waals surface area contributed by atoms with E-state index in [1.54, 1.807) is 11.8 Å². The number of hydrogen-bond acceptors (Lipinski definition) is 3. The third-order valence-electron chi connectivity index (χ3n) is 2.21. The maximum absolute atomic E-state index is 10.8. The highest BCUT2D eigenvalue weighted by Gasteiger charge is 2.22. The Morgan fingerprint density at radius 2 is 2.13 bits per heavy atom. The van der Waals surface area contributed by atoms with Crippen LogP contribution in [0.15, 0.2) is 35.3 Å². The second-order valence-electron chi connectivity index (χ2n) is 3.29. The minimum atomic E-state index is -0.830. The summed E-state index contributed by atoms with van der Waals surface area (Å²) in [6, 6.07) is 9.14. The summed E-state index contributed by atoms with van der Waals surface area (Å²) in [6.07, 6.45) is 0.621. The van der Waals surface area contributed by atoms with Gasteiger partial charge in [-0.05, 0) is 6.42 Å². The molecular formula is C11H11NO2S. The molecule has 0 radical (unpaired) electrons. The Balaban J connectivity index is 2.26. The molecule has 1 unspecified atom stereocenters. The molecule has 1 aromatic carbocycles. The maximum atomic E-state index is 10.8. The highest BCUT2D eigenvalue weighted by molar-refractivity contribution is 8.14. The van der Waals surface area contributed by atoms with Crippen molar-refractivity contribution in [2.45, 2.75) is 12.5 Å². The fourth-order valence-corrected chi connectivity index (χ4v) is 2.47. The van der Waals surface area contributed by atoms with Crippen LogP contribution in [0.2, 0.25) is 0 Å². The van der Waals surface area contributed by atoms with Gasteiger partial charge in [0.05, 0.1) is 5.04 Å². The van der Waals surface area contributed by atoms with E-state index in [0.717, 1.165) is 16.4 Å². The van der Waals surface area contributed by atoms with Crippen LogP contribution in [-0.2, 0) is 4.79 Å². The first kappa shape index (κ1) is 10.2. The van der Waals surface area contributed by atoms with Crippen molar-refractivity contribution in [3.63, 3.8) is 0 Å². The fraction of sp³-hybridized carbons (Fsp3) is 0.273. The molecule has 15 heavy (non-hydrogen) atoms. The zero-order valence-corrected chi connectivity index (χ0v) is 8.91. The van der Waals surface area contributed by atoms with E-state index in [1.165, 1.54) is 0 Å². The highest BCUT2D eigenvalue weighted by atomic mass is 32.2. The third-order valence-corrected chi connectivity index (χ3v) is 3.26. The van der Waals surface area contributed by atoms with E-state index in [-0.39, 0.29) is 0 Å². The molecule has 1 aliphatic heterocycles. The van der Waals surface area contributed by atoms with Gasteiger partial charge in [0.1, 0.15) is 6.04 Å². The largest absolute Gasteiger partial charge is 0.480 e. The maximum Gasteiger partial charge on any atom is 0.328 e. The van der Waals surface area contributed by atoms with Gasteiger partial charge in [0.15, 0.2) is 0 Å². The fourth-order valence-electron chi connectivity index (χ4n) is 1.43. The Morgan fingerprint density at radius 1 is 1.40 bits per heavy atom. The van der Waals surface area contributed by atoms with E-state index < -0.39 is 12.0 Å². The molecule has 1 N–H and O–H groups in total. The predicted molar refractivity (Wildman–Crippen MR) is 61.5 cm³/mol. The Kier molecular flexibility index (Phi) is 3.06. The molecule has 78 valence electrons. The number of hydrogen-bond donors (Lipinski definition) is 1. The summed E-state index contributed by atoms with van der Waals surface area (Å²) < 4.78 is 0. The van der Waals surface area contributed by atoms with Crippen molar-refractivity contribution in [3.05, 3.63) is 35.9 Å². The van der Waals surface area contributed by atoms with Crippen LogP contribution < -0.4 is 0 Å². The second kappa shape index (κ2) is 4.49. The summed E-state index contributed by atoms with van der Waals surface area (Å²) in [4.78, 5) is 15.0. The molecule has 3 nitrogen and oxygen atoms in total. The summed E-state index contributed by atoms with van der Waals surface area (Å²) in [6.45, 7) is 0. The van der Waals surface area contributed by atoms with Crippen LogP contribution in [-0.4, -0.2) is 27.9 Å². The lowest BCUT2D eigenvalue weighted by molar-refractivity contribution is -0.138. The average molecular weight is 221 g/mol. The van der Waals surface area contributed by atoms with Gasteiger partial charge in [0, 0.05) is 11.3 Å². The summed E-state index contributed by atoms with van der Waals surface area (Å²) in [5.74, 6) is -0.00578. The van der Waals surface area contributed by atoms with Crippen LogP contribution in [0.25, 0.3) is 0 Å². The molecule has 0 saturated carbocycles. The molecule has 1 aliphatic rings. The van der Waals surface area contributed by atoms with Gasteiger partial charge >= 0.3 is 5.97 Å². The van der Waals surface area contributed by atoms with Crippen molar-refractivity contribution < 1.29 is 9.90 Å². The second-order valence-corrected chi connectivity index (χ2v) is 4.38. The van der Waals surface area contributed by atoms with E-state index in [9.17, 15) is 4.79 Å². The van der Waals surface area contributed by atoms with Gasteiger partial charge in [0.25, 0.3) is 0 Å². The zero-order chi connectivity index (χ0) is 10.7. The van der Waals surface area contributed by atoms with Crippen LogP contribution in [0.4, 0.5) is 0 Å². The first-order valence-corrected chi connectivity index (χ1v) is 5.75. The Bertz CT molecular complexity index is 389. The van der Waals surface area contributed by atoms with Crippen molar-refractivity contribution >= 4 is 22.8 Å². The van der Waals surface area contributed by atoms with Crippen molar-refractivity contribution in [1.82, 2.24) is 0 Å². The lowest BCUT2D eigenvalue weighted by atomic mass is 10.2. The van der Waals surface area contributed by atoms with Gasteiger partial charge in [-0.15, -0.1) is 11.8 Å². The monoisotopic (exact) mass is 221 g/mol. The summed E-state index contributed by atoms with van der Waals surface area (Å²) >= 11 is 1.62. The van der Waals surface area contributed by atoms with Crippen molar-refractivity contribution in [2.75, 3.05) is 5.75 Å². The minimum Gasteiger partial charge on any atom is -0.480 e. The van der Waals surface area contributed by atoms with Crippen LogP contribution >= 0.6 is 11.8 Å². The first-order valence-electron chi connectivity index (χ1n) is 4.76. The molecule has 1 heterocycles. The first-order chi connectivity index (χ1) is 7.27. The lowest BCUT2D eigenvalue weighted by Crippen LogP contribution is -2.24. The number of thioether (sulfide) groups is 1. The molecule has 0 bridgehead atoms. The molecule has 4 heteroatoms. The van der Waals surface area contributed by atoms with E-state index >= 15 is 0 Å². The number of benzene rings is 1. The number of carbonyl (C=O) groups is 1. The SMILES string of the molecule is O=C(O)C1CCSC(c2ccccc2)=N1. The van der Waals surface area contributed by atoms with E-state index in [2.05, 4.69) is 4.99 Å². The number of aliphatic carboxylic acids is 1. The number of carboxylic acid groups (broad SMARTS) is 1. The third kappa shape index (κ3) is 2.39. The highest BCUT2D eigenvalue weighted by Crippen LogP contribution is 2.22. The van der Waals surface area contributed by atoms with Gasteiger partial charge in [-0.2, -0.15) is 0 Å². The molecule has 0 spiro atoms. The topological polar surface area (TPSA) is 49.7 Å². The number of carboxylic acids is 1. The van der Waals surface area contributed by atoms with Crippen molar-refractivity contribution in [1.29, 1.82) is 0 Å². The van der Waals surface area contributed by atoms with Gasteiger partial charge in [-0.1, -0.05) is 30.3 Å². The van der Waals surface area contributed by atoms with Crippen molar-refractivity contribution in [3.8, 4) is 0 Å². The Hall–Kier alpha value is -1.29. The summed E-state index contributed by atoms with van der Waals surface area (Å²) in [7, 11) is 0. The molecule has 0 aromatic heterocycles. The summed E-state index contributed by atoms with van der Waals surface area (Å²) in [5, 5.41) is 9.73. The standard InChI is InChI=1S/C11H11NO2S/c13-11(14)9-6-7-15-10(12-9)8-4-2-1-3-5-8/h1-5,9H,6-7H2,(H,13,14). The Labute approximate surface area is 92.2 Å². The predicted octanol–water partition coefficient (Wildman–Crippen LogP) is 2.02. The average Bonchev–Trinajstić information content (AvgIpc) is 2.30. The lowest BCUT2D eigenvalue weighted by Gasteiger charge is -2.16. The number of rotatable bonds is 2. The van der Waals surface area contributed by atoms with Crippen LogP contribution in [0.5, 0.6) is 0 Å². The minimum absolute atomic E-state index is 0.568. The van der Waals surface area contributed by atoms with Crippen LogP contribution in [0, 0.1) is 0 Å². The zero-order valence-electron chi connectivity index (χ0n) is 8.09. The quantitative estimate of drug-likeness (QED) is 0.831. The van der Waals surface area contributed by atoms with Gasteiger partial charge < -0.3 is 5.11 Å². The van der Waals surface area contributed by atoms with Crippen molar-refractivity contribution in [2.24, 2.45) is 4.99 Å². The van der Waals surface area contributed by atoms with Gasteiger partial charge in [0.2, 0.25) is 0 Å². The molecule has 1 atom stereocenters.